The van der Waals surface area contributed by atoms with E-state index in [1.54, 1.807) is 0 Å². The second-order valence-corrected chi connectivity index (χ2v) is 4.36. The van der Waals surface area contributed by atoms with Gasteiger partial charge in [-0.15, -0.1) is 0 Å². The van der Waals surface area contributed by atoms with Gasteiger partial charge in [0.2, 0.25) is 6.41 Å². The van der Waals surface area contributed by atoms with Crippen LogP contribution in [0.15, 0.2) is 0 Å². The van der Waals surface area contributed by atoms with E-state index in [0.29, 0.717) is 18.1 Å². The Morgan fingerprint density at radius 2 is 1.92 bits per heavy atom. The Hall–Kier alpha value is -0.570. The Kier molecular flexibility index (Phi) is 2.54. The van der Waals surface area contributed by atoms with Crippen LogP contribution >= 0.6 is 0 Å². The maximum atomic E-state index is 10.3. The molecule has 1 N–H and O–H groups in total. The predicted octanol–water partition coefficient (Wildman–Crippen LogP) is 0.748. The first kappa shape index (κ1) is 9.00. The summed E-state index contributed by atoms with van der Waals surface area (Å²) in [4.78, 5) is 12.9. The molecule has 0 aromatic rings. The molecule has 2 rings (SSSR count). The van der Waals surface area contributed by atoms with Crippen LogP contribution in [0.2, 0.25) is 0 Å². The molecule has 0 aromatic heterocycles. The van der Waals surface area contributed by atoms with Crippen molar-refractivity contribution < 1.29 is 4.79 Å². The molecular weight excluding hydrogens is 164 g/mol. The van der Waals surface area contributed by atoms with Gasteiger partial charge in [-0.2, -0.15) is 0 Å². The SMILES string of the molecule is CN1[C@@H]2CCC[C@H]1C[C@@H](NC=O)C2. The number of nitrogens with one attached hydrogen (secondary N) is 1. The smallest absolute Gasteiger partial charge is 0.207 e. The molecule has 3 nitrogen and oxygen atoms in total. The van der Waals surface area contributed by atoms with E-state index in [2.05, 4.69) is 17.3 Å². The van der Waals surface area contributed by atoms with Gasteiger partial charge in [-0.1, -0.05) is 6.42 Å². The van der Waals surface area contributed by atoms with Crippen molar-refractivity contribution in [3.63, 3.8) is 0 Å². The highest BCUT2D eigenvalue weighted by Gasteiger charge is 2.35. The highest BCUT2D eigenvalue weighted by atomic mass is 16.1. The normalized spacial score (nSPS) is 39.9. The van der Waals surface area contributed by atoms with E-state index in [1.165, 1.54) is 19.3 Å². The zero-order valence-corrected chi connectivity index (χ0v) is 8.20. The number of rotatable bonds is 2. The van der Waals surface area contributed by atoms with Crippen molar-refractivity contribution in [1.29, 1.82) is 0 Å². The molecule has 3 atom stereocenters. The molecule has 74 valence electrons. The molecule has 2 aliphatic rings. The van der Waals surface area contributed by atoms with E-state index < -0.39 is 0 Å². The predicted molar refractivity (Wildman–Crippen MR) is 51.4 cm³/mol. The van der Waals surface area contributed by atoms with Gasteiger partial charge in [-0.3, -0.25) is 4.79 Å². The van der Waals surface area contributed by atoms with Gasteiger partial charge < -0.3 is 10.2 Å². The molecule has 2 bridgehead atoms. The largest absolute Gasteiger partial charge is 0.356 e. The molecule has 3 heteroatoms. The second kappa shape index (κ2) is 3.66. The van der Waals surface area contributed by atoms with Crippen LogP contribution in [0.5, 0.6) is 0 Å². The van der Waals surface area contributed by atoms with E-state index in [0.717, 1.165) is 19.3 Å². The average Bonchev–Trinajstić information content (AvgIpc) is 2.07. The summed E-state index contributed by atoms with van der Waals surface area (Å²) in [7, 11) is 2.23. The molecule has 2 aliphatic heterocycles. The third-order valence-electron chi connectivity index (χ3n) is 3.64. The quantitative estimate of drug-likeness (QED) is 0.639. The van der Waals surface area contributed by atoms with Gasteiger partial charge in [-0.25, -0.2) is 0 Å². The van der Waals surface area contributed by atoms with Gasteiger partial charge in [0.25, 0.3) is 0 Å². The van der Waals surface area contributed by atoms with Crippen LogP contribution in [0.3, 0.4) is 0 Å². The van der Waals surface area contributed by atoms with Gasteiger partial charge in [0.05, 0.1) is 0 Å². The van der Waals surface area contributed by atoms with Crippen molar-refractivity contribution in [3.05, 3.63) is 0 Å². The van der Waals surface area contributed by atoms with Crippen molar-refractivity contribution >= 4 is 6.41 Å². The van der Waals surface area contributed by atoms with Crippen LogP contribution in [-0.2, 0) is 4.79 Å². The number of carbonyl (C=O) groups excluding carboxylic acids is 1. The molecule has 0 spiro atoms. The third kappa shape index (κ3) is 1.70. The summed E-state index contributed by atoms with van der Waals surface area (Å²) in [6, 6.07) is 1.86. The number of nitrogens with zero attached hydrogens (tertiary/aromatic N) is 1. The first-order valence-corrected chi connectivity index (χ1v) is 5.23. The van der Waals surface area contributed by atoms with E-state index in [1.807, 2.05) is 0 Å². The lowest BCUT2D eigenvalue weighted by molar-refractivity contribution is -0.110. The Morgan fingerprint density at radius 3 is 2.46 bits per heavy atom. The molecule has 13 heavy (non-hydrogen) atoms. The van der Waals surface area contributed by atoms with Crippen LogP contribution in [0.4, 0.5) is 0 Å². The molecule has 0 saturated carbocycles. The molecule has 0 unspecified atom stereocenters. The summed E-state index contributed by atoms with van der Waals surface area (Å²) in [5, 5.41) is 2.93. The lowest BCUT2D eigenvalue weighted by atomic mass is 9.82. The van der Waals surface area contributed by atoms with E-state index in [-0.39, 0.29) is 0 Å². The van der Waals surface area contributed by atoms with Crippen molar-refractivity contribution in [2.24, 2.45) is 0 Å². The number of carbonyl (C=O) groups is 1. The van der Waals surface area contributed by atoms with Crippen LogP contribution in [-0.4, -0.2) is 36.5 Å². The minimum Gasteiger partial charge on any atom is -0.356 e. The van der Waals surface area contributed by atoms with Crippen LogP contribution in [0.1, 0.15) is 32.1 Å². The minimum atomic E-state index is 0.434. The minimum absolute atomic E-state index is 0.434. The van der Waals surface area contributed by atoms with Crippen molar-refractivity contribution in [1.82, 2.24) is 10.2 Å². The maximum Gasteiger partial charge on any atom is 0.207 e. The fourth-order valence-corrected chi connectivity index (χ4v) is 2.85. The van der Waals surface area contributed by atoms with Crippen molar-refractivity contribution in [2.75, 3.05) is 7.05 Å². The summed E-state index contributed by atoms with van der Waals surface area (Å²) < 4.78 is 0. The summed E-state index contributed by atoms with van der Waals surface area (Å²) in [6.07, 6.45) is 7.13. The summed E-state index contributed by atoms with van der Waals surface area (Å²) >= 11 is 0. The Labute approximate surface area is 79.5 Å². The van der Waals surface area contributed by atoms with E-state index in [9.17, 15) is 4.79 Å². The highest BCUT2D eigenvalue weighted by molar-refractivity contribution is 5.46. The lowest BCUT2D eigenvalue weighted by Gasteiger charge is -2.46. The number of piperidine rings is 2. The standard InChI is InChI=1S/C10H18N2O/c1-12-9-3-2-4-10(12)6-8(5-9)11-7-13/h7-10H,2-6H2,1H3,(H,11,13)/t8-,9+,10-. The Morgan fingerprint density at radius 1 is 1.31 bits per heavy atom. The van der Waals surface area contributed by atoms with E-state index in [4.69, 9.17) is 0 Å². The fraction of sp³-hybridized carbons (Fsp3) is 0.900. The topological polar surface area (TPSA) is 32.3 Å². The number of hydrogen-bond acceptors (Lipinski definition) is 2. The van der Waals surface area contributed by atoms with Crippen LogP contribution < -0.4 is 5.32 Å². The molecule has 2 saturated heterocycles. The molecule has 0 radical (unpaired) electrons. The van der Waals surface area contributed by atoms with Gasteiger partial charge in [0, 0.05) is 18.1 Å². The summed E-state index contributed by atoms with van der Waals surface area (Å²) in [5.74, 6) is 0. The Bertz CT molecular complexity index is 181. The molecule has 2 heterocycles. The van der Waals surface area contributed by atoms with Crippen LogP contribution in [0.25, 0.3) is 0 Å². The molecule has 2 fully saturated rings. The number of amides is 1. The zero-order valence-electron chi connectivity index (χ0n) is 8.20. The van der Waals surface area contributed by atoms with E-state index >= 15 is 0 Å². The Balaban J connectivity index is 1.99. The maximum absolute atomic E-state index is 10.3. The van der Waals surface area contributed by atoms with Gasteiger partial charge in [0.15, 0.2) is 0 Å². The fourth-order valence-electron chi connectivity index (χ4n) is 2.85. The molecular formula is C10H18N2O. The third-order valence-corrected chi connectivity index (χ3v) is 3.64. The average molecular weight is 182 g/mol. The van der Waals surface area contributed by atoms with Crippen molar-refractivity contribution in [3.8, 4) is 0 Å². The monoisotopic (exact) mass is 182 g/mol. The van der Waals surface area contributed by atoms with Gasteiger partial charge in [0.1, 0.15) is 0 Å². The molecule has 0 aliphatic carbocycles. The highest BCUT2D eigenvalue weighted by Crippen LogP contribution is 2.32. The van der Waals surface area contributed by atoms with Crippen LogP contribution in [0, 0.1) is 0 Å². The zero-order chi connectivity index (χ0) is 9.26. The lowest BCUT2D eigenvalue weighted by Crippen LogP contribution is -2.54. The second-order valence-electron chi connectivity index (χ2n) is 4.36. The first-order valence-electron chi connectivity index (χ1n) is 5.23. The van der Waals surface area contributed by atoms with Gasteiger partial charge in [-0.05, 0) is 32.7 Å². The molecule has 0 aromatic carbocycles. The molecule has 1 amide bonds. The van der Waals surface area contributed by atoms with Crippen molar-refractivity contribution in [2.45, 2.75) is 50.2 Å². The number of fused-ring (bicyclic) bond motifs is 2. The number of hydrogen-bond donors (Lipinski definition) is 1. The summed E-state index contributed by atoms with van der Waals surface area (Å²) in [5.41, 5.74) is 0. The summed E-state index contributed by atoms with van der Waals surface area (Å²) in [6.45, 7) is 0. The first-order chi connectivity index (χ1) is 6.31. The van der Waals surface area contributed by atoms with Gasteiger partial charge >= 0.3 is 0 Å².